The molecule has 10 heteroatoms. The molecule has 2 heterocycles. The molecule has 0 N–H and O–H groups in total. The fourth-order valence-corrected chi connectivity index (χ4v) is 12.2. The van der Waals surface area contributed by atoms with E-state index in [0.29, 0.717) is 23.5 Å². The number of pyridine rings is 2. The molecule has 6 aromatic rings. The summed E-state index contributed by atoms with van der Waals surface area (Å²) in [5, 5.41) is 2.33. The molecule has 4 aromatic carbocycles. The molecule has 0 amide bonds. The molecule has 0 aliphatic carbocycles. The predicted octanol–water partition coefficient (Wildman–Crippen LogP) is 9.80. The molecule has 0 aliphatic heterocycles. The van der Waals surface area contributed by atoms with Crippen molar-refractivity contribution in [2.24, 2.45) is 0 Å². The molecule has 276 valence electrons. The molecule has 2 aromatic heterocycles. The van der Waals surface area contributed by atoms with Gasteiger partial charge in [0.1, 0.15) is 10.6 Å². The van der Waals surface area contributed by atoms with Crippen molar-refractivity contribution in [3.63, 3.8) is 0 Å². The first-order chi connectivity index (χ1) is 25.6. The zero-order valence-corrected chi connectivity index (χ0v) is 35.3. The van der Waals surface area contributed by atoms with Crippen LogP contribution < -0.4 is 29.6 Å². The van der Waals surface area contributed by atoms with Crippen molar-refractivity contribution in [1.82, 2.24) is 9.97 Å². The minimum atomic E-state index is -1.37. The summed E-state index contributed by atoms with van der Waals surface area (Å²) < 4.78 is 24.0. The van der Waals surface area contributed by atoms with Crippen LogP contribution in [0.1, 0.15) is 22.3 Å². The Morgan fingerprint density at radius 1 is 0.453 bits per heavy atom. The van der Waals surface area contributed by atoms with Crippen LogP contribution in [0.5, 0.6) is 23.5 Å². The number of halogens is 1. The molecule has 6 nitrogen and oxygen atoms in total. The molecule has 0 fully saturated rings. The van der Waals surface area contributed by atoms with Crippen LogP contribution in [0.3, 0.4) is 0 Å². The van der Waals surface area contributed by atoms with Gasteiger partial charge in [-0.1, -0.05) is 121 Å². The van der Waals surface area contributed by atoms with Gasteiger partial charge in [-0.05, 0) is 22.3 Å². The van der Waals surface area contributed by atoms with E-state index in [4.69, 9.17) is 28.9 Å². The Balaban J connectivity index is 0.00000206. The van der Waals surface area contributed by atoms with Crippen LogP contribution in [-0.4, -0.2) is 38.4 Å². The summed E-state index contributed by atoms with van der Waals surface area (Å²) >= 11 is 1.82. The van der Waals surface area contributed by atoms with E-state index in [2.05, 4.69) is 143 Å². The summed E-state index contributed by atoms with van der Waals surface area (Å²) in [6.07, 6.45) is 3.60. The Morgan fingerprint density at radius 2 is 0.717 bits per heavy atom. The van der Waals surface area contributed by atoms with E-state index in [-0.39, 0.29) is 7.43 Å². The summed E-state index contributed by atoms with van der Waals surface area (Å²) in [4.78, 5) is 9.80. The number of hydrogen-bond acceptors (Lipinski definition) is 6. The average molecular weight is 854 g/mol. The Labute approximate surface area is 331 Å². The van der Waals surface area contributed by atoms with Crippen LogP contribution in [-0.2, 0) is 42.0 Å². The normalized spacial score (nSPS) is 10.6. The van der Waals surface area contributed by atoms with E-state index in [1.165, 1.54) is 32.9 Å². The van der Waals surface area contributed by atoms with Crippen molar-refractivity contribution in [1.29, 1.82) is 0 Å². The summed E-state index contributed by atoms with van der Waals surface area (Å²) in [7, 11) is 8.51. The van der Waals surface area contributed by atoms with E-state index in [1.54, 1.807) is 28.4 Å². The van der Waals surface area contributed by atoms with Gasteiger partial charge in [0.25, 0.3) is 0 Å². The maximum atomic E-state index is 6.18. The first-order valence-corrected chi connectivity index (χ1v) is 22.9. The van der Waals surface area contributed by atoms with Crippen LogP contribution in [0.15, 0.2) is 133 Å². The average Bonchev–Trinajstić information content (AvgIpc) is 3.21. The summed E-state index contributed by atoms with van der Waals surface area (Å²) in [6.45, 7) is 0. The minimum absolute atomic E-state index is 0. The molecule has 53 heavy (non-hydrogen) atoms. The molecule has 0 radical (unpaired) electrons. The number of aromatic nitrogens is 2. The molecular weight excluding hydrogens is 807 g/mol. The van der Waals surface area contributed by atoms with Gasteiger partial charge in [-0.2, -0.15) is 9.97 Å². The maximum absolute atomic E-state index is 6.18. The van der Waals surface area contributed by atoms with Gasteiger partial charge < -0.3 is 26.4 Å². The van der Waals surface area contributed by atoms with E-state index >= 15 is 0 Å². The number of nitrogens with zero attached hydrogens (tertiary/aromatic N) is 2. The van der Waals surface area contributed by atoms with Crippen molar-refractivity contribution < 1.29 is 36.3 Å². The number of methoxy groups -OCH3 is 4. The summed E-state index contributed by atoms with van der Waals surface area (Å²) in [6, 6.07) is 47.1. The Kier molecular flexibility index (Phi) is 17.2. The van der Waals surface area contributed by atoms with Crippen LogP contribution in [0.25, 0.3) is 11.1 Å². The molecule has 0 spiro atoms. The Bertz CT molecular complexity index is 1750. The summed E-state index contributed by atoms with van der Waals surface area (Å²) in [5.41, 5.74) is 6.98. The van der Waals surface area contributed by atoms with E-state index in [9.17, 15) is 0 Å². The third-order valence-electron chi connectivity index (χ3n) is 8.78. The van der Waals surface area contributed by atoms with Gasteiger partial charge in [-0.25, -0.2) is 0 Å². The van der Waals surface area contributed by atoms with Crippen LogP contribution in [0.2, 0.25) is 0 Å². The monoisotopic (exact) mass is 854 g/mol. The summed E-state index contributed by atoms with van der Waals surface area (Å²) in [5.74, 6) is 2.03. The van der Waals surface area contributed by atoms with Gasteiger partial charge >= 0.3 is 27.0 Å². The molecule has 0 unspecified atom stereocenters. The van der Waals surface area contributed by atoms with Crippen molar-refractivity contribution in [3.8, 4) is 34.6 Å². The van der Waals surface area contributed by atoms with Gasteiger partial charge in [-0.3, -0.25) is 0 Å². The first-order valence-electron chi connectivity index (χ1n) is 16.9. The van der Waals surface area contributed by atoms with Crippen molar-refractivity contribution in [2.75, 3.05) is 28.4 Å². The van der Waals surface area contributed by atoms with E-state index in [1.807, 2.05) is 17.3 Å². The Morgan fingerprint density at radius 3 is 0.943 bits per heavy atom. The molecule has 0 saturated carbocycles. The van der Waals surface area contributed by atoms with Gasteiger partial charge in [-0.15, -0.1) is 0 Å². The predicted molar refractivity (Wildman–Crippen MR) is 222 cm³/mol. The molecule has 6 rings (SSSR count). The van der Waals surface area contributed by atoms with Crippen molar-refractivity contribution >= 4 is 36.1 Å². The number of hydrogen-bond donors (Lipinski definition) is 0. The third kappa shape index (κ3) is 11.1. The number of benzene rings is 4. The third-order valence-corrected chi connectivity index (χ3v) is 14.4. The number of ether oxygens (including phenoxy) is 4. The fourth-order valence-electron chi connectivity index (χ4n) is 6.42. The second-order valence-electron chi connectivity index (χ2n) is 12.0. The van der Waals surface area contributed by atoms with Crippen LogP contribution in [0, 0.1) is 7.43 Å². The van der Waals surface area contributed by atoms with Crippen molar-refractivity contribution in [3.05, 3.63) is 163 Å². The SMILES string of the molecule is COc1cc([PH+](Cc2ccccc2)Cc2ccccc2)c(-c2c([PH+](Cc3ccccc3)Cc3ccccc3)cc(OC)nc2OC)c(OC)n1.[CH3-].[Cl][Ru+]. The van der Waals surface area contributed by atoms with E-state index in [0.717, 1.165) is 35.8 Å². The van der Waals surface area contributed by atoms with Crippen LogP contribution >= 0.6 is 25.5 Å². The van der Waals surface area contributed by atoms with Gasteiger partial charge in [0.2, 0.25) is 23.5 Å². The zero-order chi connectivity index (χ0) is 36.7. The second-order valence-corrected chi connectivity index (χ2v) is 17.0. The quantitative estimate of drug-likeness (QED) is 0.0583. The molecule has 0 aliphatic rings. The zero-order valence-electron chi connectivity index (χ0n) is 30.8. The van der Waals surface area contributed by atoms with Gasteiger partial charge in [0.05, 0.1) is 64.2 Å². The Hall–Kier alpha value is -3.85. The van der Waals surface area contributed by atoms with Gasteiger partial charge in [0, 0.05) is 28.0 Å². The molecule has 0 atom stereocenters. The van der Waals surface area contributed by atoms with E-state index < -0.39 is 15.8 Å². The standard InChI is InChI=1S/C42H42N2O4P2.CH3.ClH.Ru/c1-45-37-25-35(49(27-31-17-9-5-10-18-31)28-32-19-11-6-12-20-32)39(41(43-37)47-3)40-36(26-38(46-2)44-42(40)48-4)50(29-33-21-13-7-14-22-33)30-34-23-15-8-16-24-34;;;/h5-26H,27-30H2,1-4H3;1H3;1H;/q;-1;;+2/p+1. The number of rotatable bonds is 15. The van der Waals surface area contributed by atoms with Crippen molar-refractivity contribution in [2.45, 2.75) is 24.6 Å². The topological polar surface area (TPSA) is 62.7 Å². The second kappa shape index (κ2) is 21.8. The fraction of sp³-hybridized carbons (Fsp3) is 0.186. The molecule has 0 saturated heterocycles. The first kappa shape index (κ1) is 41.9. The van der Waals surface area contributed by atoms with Crippen LogP contribution in [0.4, 0.5) is 0 Å². The molecular formula is C43H47ClN2O4P2Ru+2. The van der Waals surface area contributed by atoms with Gasteiger partial charge in [0.15, 0.2) is 0 Å². The molecule has 0 bridgehead atoms.